The van der Waals surface area contributed by atoms with Gasteiger partial charge in [0.05, 0.1) is 11.7 Å². The lowest BCUT2D eigenvalue weighted by Gasteiger charge is -2.17. The van der Waals surface area contributed by atoms with Gasteiger partial charge in [-0.15, -0.1) is 0 Å². The van der Waals surface area contributed by atoms with E-state index in [4.69, 9.17) is 16.3 Å². The van der Waals surface area contributed by atoms with Crippen LogP contribution in [0.1, 0.15) is 22.0 Å². The minimum absolute atomic E-state index is 0.186. The van der Waals surface area contributed by atoms with Gasteiger partial charge < -0.3 is 10.1 Å². The maximum Gasteiger partial charge on any atom is 0.251 e. The van der Waals surface area contributed by atoms with Gasteiger partial charge in [0.2, 0.25) is 0 Å². The topological polar surface area (TPSA) is 64.1 Å². The second kappa shape index (κ2) is 7.04. The maximum atomic E-state index is 12.3. The largest absolute Gasteiger partial charge is 0.375 e. The molecule has 0 fully saturated rings. The molecule has 23 heavy (non-hydrogen) atoms. The summed E-state index contributed by atoms with van der Waals surface area (Å²) in [5.41, 5.74) is 2.89. The van der Waals surface area contributed by atoms with Gasteiger partial charge in [0.25, 0.3) is 5.91 Å². The van der Waals surface area contributed by atoms with Gasteiger partial charge in [0.1, 0.15) is 17.1 Å². The SMILES string of the molecule is COC(CNC(=O)c1ccc2nsnc2c1)c1ccccc1Cl. The van der Waals surface area contributed by atoms with Gasteiger partial charge in [-0.1, -0.05) is 29.8 Å². The van der Waals surface area contributed by atoms with Crippen molar-refractivity contribution in [3.63, 3.8) is 0 Å². The number of nitrogens with one attached hydrogen (secondary N) is 1. The molecule has 1 unspecified atom stereocenters. The Bertz CT molecular complexity index is 837. The third kappa shape index (κ3) is 3.50. The van der Waals surface area contributed by atoms with E-state index in [9.17, 15) is 4.79 Å². The highest BCUT2D eigenvalue weighted by atomic mass is 35.5. The normalized spacial score (nSPS) is 12.3. The summed E-state index contributed by atoms with van der Waals surface area (Å²) in [6.07, 6.45) is -0.308. The lowest BCUT2D eigenvalue weighted by molar-refractivity contribution is 0.0828. The van der Waals surface area contributed by atoms with Gasteiger partial charge in [0.15, 0.2) is 0 Å². The number of rotatable bonds is 5. The highest BCUT2D eigenvalue weighted by Gasteiger charge is 2.16. The van der Waals surface area contributed by atoms with E-state index in [2.05, 4.69) is 14.1 Å². The van der Waals surface area contributed by atoms with Crippen LogP contribution in [0.2, 0.25) is 5.02 Å². The van der Waals surface area contributed by atoms with E-state index < -0.39 is 0 Å². The Balaban J connectivity index is 1.71. The van der Waals surface area contributed by atoms with Gasteiger partial charge >= 0.3 is 0 Å². The summed E-state index contributed by atoms with van der Waals surface area (Å²) in [7, 11) is 1.59. The summed E-state index contributed by atoms with van der Waals surface area (Å²) in [5, 5.41) is 3.48. The fraction of sp³-hybridized carbons (Fsp3) is 0.188. The molecule has 0 aliphatic heterocycles. The predicted molar refractivity (Wildman–Crippen MR) is 91.0 cm³/mol. The summed E-state index contributed by atoms with van der Waals surface area (Å²) in [6.45, 7) is 0.326. The first-order valence-corrected chi connectivity index (χ1v) is 8.07. The number of amides is 1. The number of fused-ring (bicyclic) bond motifs is 1. The molecule has 0 bridgehead atoms. The van der Waals surface area contributed by atoms with Crippen LogP contribution < -0.4 is 5.32 Å². The molecule has 3 aromatic rings. The highest BCUT2D eigenvalue weighted by Crippen LogP contribution is 2.24. The van der Waals surface area contributed by atoms with E-state index in [0.29, 0.717) is 17.1 Å². The minimum atomic E-state index is -0.308. The number of halogens is 1. The van der Waals surface area contributed by atoms with Crippen molar-refractivity contribution in [2.45, 2.75) is 6.10 Å². The third-order valence-corrected chi connectivity index (χ3v) is 4.40. The van der Waals surface area contributed by atoms with Crippen LogP contribution in [-0.4, -0.2) is 28.3 Å². The Morgan fingerprint density at radius 3 is 2.83 bits per heavy atom. The Labute approximate surface area is 142 Å². The van der Waals surface area contributed by atoms with E-state index in [0.717, 1.165) is 28.3 Å². The smallest absolute Gasteiger partial charge is 0.251 e. The quantitative estimate of drug-likeness (QED) is 0.767. The van der Waals surface area contributed by atoms with Gasteiger partial charge in [-0.25, -0.2) is 0 Å². The Morgan fingerprint density at radius 2 is 2.04 bits per heavy atom. The number of nitrogens with zero attached hydrogens (tertiary/aromatic N) is 2. The molecular weight excluding hydrogens is 334 g/mol. The van der Waals surface area contributed by atoms with Crippen molar-refractivity contribution in [3.05, 3.63) is 58.6 Å². The number of aromatic nitrogens is 2. The van der Waals surface area contributed by atoms with Crippen LogP contribution in [0.4, 0.5) is 0 Å². The van der Waals surface area contributed by atoms with Crippen LogP contribution in [0.25, 0.3) is 11.0 Å². The maximum absolute atomic E-state index is 12.3. The number of carbonyl (C=O) groups excluding carboxylic acids is 1. The Morgan fingerprint density at radius 1 is 1.26 bits per heavy atom. The van der Waals surface area contributed by atoms with E-state index in [1.807, 2.05) is 18.2 Å². The minimum Gasteiger partial charge on any atom is -0.375 e. The van der Waals surface area contributed by atoms with Crippen molar-refractivity contribution in [1.82, 2.24) is 14.1 Å². The molecule has 0 saturated heterocycles. The first-order chi connectivity index (χ1) is 11.2. The van der Waals surface area contributed by atoms with Crippen molar-refractivity contribution in [3.8, 4) is 0 Å². The van der Waals surface area contributed by atoms with E-state index in [1.165, 1.54) is 0 Å². The lowest BCUT2D eigenvalue weighted by Crippen LogP contribution is -2.29. The standard InChI is InChI=1S/C16H14ClN3O2S/c1-22-15(11-4-2-3-5-12(11)17)9-18-16(21)10-6-7-13-14(8-10)20-23-19-13/h2-8,15H,9H2,1H3,(H,18,21). The lowest BCUT2D eigenvalue weighted by atomic mass is 10.1. The number of methoxy groups -OCH3 is 1. The zero-order chi connectivity index (χ0) is 16.2. The van der Waals surface area contributed by atoms with E-state index in [1.54, 1.807) is 31.4 Å². The van der Waals surface area contributed by atoms with Crippen LogP contribution >= 0.6 is 23.3 Å². The molecular formula is C16H14ClN3O2S. The number of carbonyl (C=O) groups is 1. The summed E-state index contributed by atoms with van der Waals surface area (Å²) in [4.78, 5) is 12.3. The molecule has 0 spiro atoms. The molecule has 2 aromatic carbocycles. The molecule has 5 nitrogen and oxygen atoms in total. The van der Waals surface area contributed by atoms with E-state index >= 15 is 0 Å². The average molecular weight is 348 g/mol. The molecule has 3 rings (SSSR count). The van der Waals surface area contributed by atoms with E-state index in [-0.39, 0.29) is 12.0 Å². The molecule has 1 amide bonds. The monoisotopic (exact) mass is 347 g/mol. The summed E-state index contributed by atoms with van der Waals surface area (Å²) >= 11 is 7.30. The number of benzene rings is 2. The number of hydrogen-bond donors (Lipinski definition) is 1. The fourth-order valence-electron chi connectivity index (χ4n) is 2.27. The fourth-order valence-corrected chi connectivity index (χ4v) is 3.04. The van der Waals surface area contributed by atoms with Crippen molar-refractivity contribution < 1.29 is 9.53 Å². The summed E-state index contributed by atoms with van der Waals surface area (Å²) in [5.74, 6) is -0.186. The number of hydrogen-bond acceptors (Lipinski definition) is 5. The van der Waals surface area contributed by atoms with Crippen molar-refractivity contribution in [1.29, 1.82) is 0 Å². The zero-order valence-corrected chi connectivity index (χ0v) is 13.9. The first-order valence-electron chi connectivity index (χ1n) is 6.97. The molecule has 0 aliphatic rings. The Hall–Kier alpha value is -2.02. The average Bonchev–Trinajstić information content (AvgIpc) is 3.04. The molecule has 118 valence electrons. The first kappa shape index (κ1) is 15.9. The van der Waals surface area contributed by atoms with Crippen LogP contribution in [0.15, 0.2) is 42.5 Å². The summed E-state index contributed by atoms with van der Waals surface area (Å²) < 4.78 is 13.7. The molecule has 1 atom stereocenters. The van der Waals surface area contributed by atoms with Crippen LogP contribution in [0.5, 0.6) is 0 Å². The van der Waals surface area contributed by atoms with Gasteiger partial charge in [-0.05, 0) is 24.3 Å². The molecule has 0 radical (unpaired) electrons. The number of ether oxygens (including phenoxy) is 1. The second-order valence-corrected chi connectivity index (χ2v) is 5.86. The van der Waals surface area contributed by atoms with Crippen molar-refractivity contribution in [2.24, 2.45) is 0 Å². The van der Waals surface area contributed by atoms with Crippen LogP contribution in [0, 0.1) is 0 Å². The van der Waals surface area contributed by atoms with Crippen LogP contribution in [-0.2, 0) is 4.74 Å². The molecule has 0 saturated carbocycles. The van der Waals surface area contributed by atoms with Crippen LogP contribution in [0.3, 0.4) is 0 Å². The van der Waals surface area contributed by atoms with Gasteiger partial charge in [-0.3, -0.25) is 4.79 Å². The molecule has 1 heterocycles. The van der Waals surface area contributed by atoms with Crippen molar-refractivity contribution in [2.75, 3.05) is 13.7 Å². The highest BCUT2D eigenvalue weighted by molar-refractivity contribution is 7.00. The second-order valence-electron chi connectivity index (χ2n) is 4.92. The zero-order valence-electron chi connectivity index (χ0n) is 12.3. The molecule has 7 heteroatoms. The van der Waals surface area contributed by atoms with Gasteiger partial charge in [-0.2, -0.15) is 8.75 Å². The summed E-state index contributed by atoms with van der Waals surface area (Å²) in [6, 6.07) is 12.7. The predicted octanol–water partition coefficient (Wildman–Crippen LogP) is 3.46. The molecule has 0 aliphatic carbocycles. The van der Waals surface area contributed by atoms with Crippen molar-refractivity contribution >= 4 is 40.3 Å². The molecule has 1 N–H and O–H groups in total. The Kier molecular flexibility index (Phi) is 4.85. The third-order valence-electron chi connectivity index (χ3n) is 3.50. The van der Waals surface area contributed by atoms with Gasteiger partial charge in [0, 0.05) is 29.8 Å². The molecule has 1 aromatic heterocycles.